The summed E-state index contributed by atoms with van der Waals surface area (Å²) in [6, 6.07) is 5.44. The number of nitrogens with one attached hydrogen (secondary N) is 1. The van der Waals surface area contributed by atoms with E-state index in [-0.39, 0.29) is 12.6 Å². The highest BCUT2D eigenvalue weighted by Gasteiger charge is 2.44. The summed E-state index contributed by atoms with van der Waals surface area (Å²) in [5, 5.41) is 0.528. The van der Waals surface area contributed by atoms with E-state index in [1.165, 1.54) is 0 Å². The highest BCUT2D eigenvalue weighted by molar-refractivity contribution is 7.83. The van der Waals surface area contributed by atoms with Crippen molar-refractivity contribution in [2.75, 3.05) is 6.54 Å². The van der Waals surface area contributed by atoms with Crippen molar-refractivity contribution in [2.45, 2.75) is 44.0 Å². The van der Waals surface area contributed by atoms with Gasteiger partial charge in [0, 0.05) is 24.9 Å². The fourth-order valence-electron chi connectivity index (χ4n) is 3.09. The van der Waals surface area contributed by atoms with Crippen LogP contribution >= 0.6 is 11.6 Å². The van der Waals surface area contributed by atoms with Crippen LogP contribution < -0.4 is 9.46 Å². The average molecular weight is 348 g/mol. The van der Waals surface area contributed by atoms with E-state index in [1.807, 2.05) is 12.1 Å². The molecule has 1 fully saturated rings. The first kappa shape index (κ1) is 16.0. The second-order valence-electron chi connectivity index (χ2n) is 5.64. The van der Waals surface area contributed by atoms with Gasteiger partial charge in [-0.15, -0.1) is 0 Å². The quantitative estimate of drug-likeness (QED) is 0.818. The van der Waals surface area contributed by atoms with Gasteiger partial charge in [-0.1, -0.05) is 23.7 Å². The Bertz CT molecular complexity index is 657. The van der Waals surface area contributed by atoms with Crippen LogP contribution in [0.2, 0.25) is 5.02 Å². The van der Waals surface area contributed by atoms with Crippen LogP contribution in [-0.2, 0) is 15.0 Å². The maximum Gasteiger partial charge on any atom is 0.333 e. The predicted octanol–water partition coefficient (Wildman–Crippen LogP) is 2.84. The molecule has 0 bridgehead atoms. The van der Waals surface area contributed by atoms with E-state index in [4.69, 9.17) is 25.6 Å². The molecule has 1 aliphatic heterocycles. The molecule has 2 aliphatic rings. The van der Waals surface area contributed by atoms with Gasteiger partial charge in [-0.3, -0.25) is 4.55 Å². The number of para-hydroxylation sites is 1. The lowest BCUT2D eigenvalue weighted by atomic mass is 10.0. The van der Waals surface area contributed by atoms with Crippen molar-refractivity contribution >= 4 is 21.9 Å². The van der Waals surface area contributed by atoms with E-state index in [9.17, 15) is 8.42 Å². The van der Waals surface area contributed by atoms with Crippen LogP contribution in [0.15, 0.2) is 18.2 Å². The summed E-state index contributed by atoms with van der Waals surface area (Å²) < 4.78 is 44.6. The molecule has 1 heterocycles. The minimum atomic E-state index is -4.20. The van der Waals surface area contributed by atoms with Crippen molar-refractivity contribution in [1.29, 1.82) is 0 Å². The largest absolute Gasteiger partial charge is 0.460 e. The van der Waals surface area contributed by atoms with Crippen molar-refractivity contribution in [3.05, 3.63) is 28.8 Å². The molecule has 3 rings (SSSR count). The zero-order chi connectivity index (χ0) is 15.8. The number of rotatable bonds is 4. The fourth-order valence-corrected chi connectivity index (χ4v) is 3.68. The van der Waals surface area contributed by atoms with Gasteiger partial charge >= 0.3 is 10.3 Å². The molecular formula is C14H18ClNO5S. The second-order valence-corrected chi connectivity index (χ2v) is 7.29. The molecule has 0 aromatic heterocycles. The van der Waals surface area contributed by atoms with E-state index in [0.717, 1.165) is 31.2 Å². The van der Waals surface area contributed by atoms with Crippen LogP contribution in [0.5, 0.6) is 5.75 Å². The van der Waals surface area contributed by atoms with E-state index in [1.54, 1.807) is 6.07 Å². The summed E-state index contributed by atoms with van der Waals surface area (Å²) >= 11 is 6.24. The van der Waals surface area contributed by atoms with Crippen molar-refractivity contribution in [3.63, 3.8) is 0 Å². The Morgan fingerprint density at radius 1 is 1.36 bits per heavy atom. The van der Waals surface area contributed by atoms with Crippen LogP contribution in [0.1, 0.15) is 43.8 Å². The smallest absolute Gasteiger partial charge is 0.333 e. The molecule has 0 amide bonds. The lowest BCUT2D eigenvalue weighted by Crippen LogP contribution is -2.42. The van der Waals surface area contributed by atoms with Crippen molar-refractivity contribution in [3.8, 4) is 5.75 Å². The highest BCUT2D eigenvalue weighted by Crippen LogP contribution is 2.49. The first-order chi connectivity index (χ1) is 10.4. The molecule has 1 aromatic carbocycles. The number of benzene rings is 1. The topological polar surface area (TPSA) is 84.9 Å². The minimum Gasteiger partial charge on any atom is -0.460 e. The molecule has 122 valence electrons. The number of hydrogen-bond acceptors (Lipinski definition) is 4. The summed E-state index contributed by atoms with van der Waals surface area (Å²) in [5.41, 5.74) is 0.808. The van der Waals surface area contributed by atoms with E-state index < -0.39 is 16.1 Å². The maximum atomic E-state index is 10.8. The van der Waals surface area contributed by atoms with Gasteiger partial charge in [-0.05, 0) is 25.3 Å². The zero-order valence-electron chi connectivity index (χ0n) is 11.9. The van der Waals surface area contributed by atoms with Crippen LogP contribution in [-0.4, -0.2) is 25.3 Å². The van der Waals surface area contributed by atoms with Gasteiger partial charge in [-0.25, -0.2) is 0 Å². The normalized spacial score (nSPS) is 23.3. The first-order valence-corrected chi connectivity index (χ1v) is 9.08. The molecule has 1 aliphatic carbocycles. The third kappa shape index (κ3) is 3.38. The zero-order valence-corrected chi connectivity index (χ0v) is 13.5. The minimum absolute atomic E-state index is 0.0749. The van der Waals surface area contributed by atoms with Gasteiger partial charge < -0.3 is 9.47 Å². The molecule has 8 heteroatoms. The molecule has 6 nitrogen and oxygen atoms in total. The van der Waals surface area contributed by atoms with Gasteiger partial charge in [0.15, 0.2) is 0 Å². The Morgan fingerprint density at radius 3 is 2.77 bits per heavy atom. The standard InChI is InChI=1S/C14H18ClNO5S/c15-11-5-3-4-10-12(6-9-16-22(17,18)19)20-14(21-13(10)11)7-1-2-8-14/h3-5,12,16H,1-2,6-9H2,(H,17,18,19). The van der Waals surface area contributed by atoms with E-state index >= 15 is 0 Å². The molecule has 1 unspecified atom stereocenters. The maximum absolute atomic E-state index is 10.8. The summed E-state index contributed by atoms with van der Waals surface area (Å²) in [4.78, 5) is 0. The second kappa shape index (κ2) is 5.98. The molecule has 22 heavy (non-hydrogen) atoms. The number of ether oxygens (including phenoxy) is 2. The molecule has 1 aromatic rings. The molecule has 0 radical (unpaired) electrons. The van der Waals surface area contributed by atoms with Crippen molar-refractivity contribution < 1.29 is 22.4 Å². The third-order valence-corrected chi connectivity index (χ3v) is 4.91. The molecule has 0 saturated heterocycles. The van der Waals surface area contributed by atoms with Gasteiger partial charge in [0.25, 0.3) is 0 Å². The third-order valence-electron chi connectivity index (χ3n) is 4.05. The van der Waals surface area contributed by atoms with Gasteiger partial charge in [-0.2, -0.15) is 13.1 Å². The number of hydrogen-bond donors (Lipinski definition) is 2. The lowest BCUT2D eigenvalue weighted by molar-refractivity contribution is -0.226. The first-order valence-electron chi connectivity index (χ1n) is 7.26. The van der Waals surface area contributed by atoms with Crippen molar-refractivity contribution in [1.82, 2.24) is 4.72 Å². The van der Waals surface area contributed by atoms with E-state index in [2.05, 4.69) is 4.72 Å². The summed E-state index contributed by atoms with van der Waals surface area (Å²) in [5.74, 6) is -0.0463. The summed E-state index contributed by atoms with van der Waals surface area (Å²) in [6.45, 7) is 0.0749. The van der Waals surface area contributed by atoms with Crippen LogP contribution in [0.25, 0.3) is 0 Å². The molecule has 1 saturated carbocycles. The number of halogens is 1. The van der Waals surface area contributed by atoms with E-state index in [0.29, 0.717) is 17.2 Å². The van der Waals surface area contributed by atoms with Crippen LogP contribution in [0, 0.1) is 0 Å². The van der Waals surface area contributed by atoms with Crippen LogP contribution in [0.4, 0.5) is 0 Å². The Hall–Kier alpha value is -0.860. The fraction of sp³-hybridized carbons (Fsp3) is 0.571. The molecule has 2 N–H and O–H groups in total. The monoisotopic (exact) mass is 347 g/mol. The van der Waals surface area contributed by atoms with Gasteiger partial charge in [0.2, 0.25) is 5.79 Å². The SMILES string of the molecule is O=S(=O)(O)NCCC1OC2(CCCC2)Oc2c(Cl)cccc21. The lowest BCUT2D eigenvalue weighted by Gasteiger charge is -2.40. The summed E-state index contributed by atoms with van der Waals surface area (Å²) in [7, 11) is -4.20. The van der Waals surface area contributed by atoms with Gasteiger partial charge in [0.1, 0.15) is 5.75 Å². The average Bonchev–Trinajstić information content (AvgIpc) is 2.87. The Kier molecular flexibility index (Phi) is 4.35. The predicted molar refractivity (Wildman–Crippen MR) is 81.3 cm³/mol. The Labute approximate surface area is 134 Å². The Balaban J connectivity index is 1.83. The molecule has 1 spiro atoms. The van der Waals surface area contributed by atoms with Gasteiger partial charge in [0.05, 0.1) is 11.1 Å². The summed E-state index contributed by atoms with van der Waals surface area (Å²) in [6.07, 6.45) is 3.69. The number of fused-ring (bicyclic) bond motifs is 1. The molecule has 1 atom stereocenters. The highest BCUT2D eigenvalue weighted by atomic mass is 35.5. The van der Waals surface area contributed by atoms with Crippen molar-refractivity contribution in [2.24, 2.45) is 0 Å². The van der Waals surface area contributed by atoms with Crippen LogP contribution in [0.3, 0.4) is 0 Å². The Morgan fingerprint density at radius 2 is 2.09 bits per heavy atom. The molecular weight excluding hydrogens is 330 g/mol.